The van der Waals surface area contributed by atoms with E-state index in [1.54, 1.807) is 6.07 Å². The Kier molecular flexibility index (Phi) is 5.53. The van der Waals surface area contributed by atoms with E-state index in [1.165, 1.54) is 25.1 Å². The van der Waals surface area contributed by atoms with Crippen molar-refractivity contribution in [1.82, 2.24) is 0 Å². The third-order valence-corrected chi connectivity index (χ3v) is 5.04. The van der Waals surface area contributed by atoms with Gasteiger partial charge in [0.2, 0.25) is 0 Å². The Balaban J connectivity index is 1.42. The van der Waals surface area contributed by atoms with Crippen LogP contribution in [0.15, 0.2) is 60.7 Å². The second-order valence-corrected chi connectivity index (χ2v) is 7.51. The van der Waals surface area contributed by atoms with Crippen molar-refractivity contribution < 1.29 is 19.2 Å². The average molecular weight is 419 g/mol. The molecule has 0 saturated heterocycles. The quantitative estimate of drug-likeness (QED) is 0.331. The third-order valence-electron chi connectivity index (χ3n) is 5.04. The molecule has 0 radical (unpaired) electrons. The number of nitrogens with one attached hydrogen (secondary N) is 2. The first-order valence-corrected chi connectivity index (χ1v) is 9.96. The second-order valence-electron chi connectivity index (χ2n) is 7.51. The Hall–Kier alpha value is -3.94. The maximum absolute atomic E-state index is 12.5. The molecular formula is C23H21N3O5. The highest BCUT2D eigenvalue weighted by Crippen LogP contribution is 2.31. The fraction of sp³-hybridized carbons (Fsp3) is 0.217. The molecule has 0 unspecified atom stereocenters. The Morgan fingerprint density at radius 3 is 2.52 bits per heavy atom. The minimum absolute atomic E-state index is 0.0124. The van der Waals surface area contributed by atoms with Gasteiger partial charge >= 0.3 is 5.97 Å². The molecule has 0 aromatic heterocycles. The molecular weight excluding hydrogens is 398 g/mol. The summed E-state index contributed by atoms with van der Waals surface area (Å²) in [5.74, 6) is -1.30. The van der Waals surface area contributed by atoms with Crippen LogP contribution in [-0.2, 0) is 9.53 Å². The van der Waals surface area contributed by atoms with Crippen molar-refractivity contribution in [2.24, 2.45) is 0 Å². The smallest absolute Gasteiger partial charge is 0.339 e. The maximum atomic E-state index is 12.5. The molecule has 1 aliphatic carbocycles. The minimum Gasteiger partial charge on any atom is -0.449 e. The number of carbonyl (C=O) groups is 2. The Bertz CT molecular complexity index is 1170. The zero-order chi connectivity index (χ0) is 22.0. The number of nitrogens with zero attached hydrogens (tertiary/aromatic N) is 1. The fourth-order valence-electron chi connectivity index (χ4n) is 3.17. The predicted molar refractivity (Wildman–Crippen MR) is 117 cm³/mol. The summed E-state index contributed by atoms with van der Waals surface area (Å²) in [6.07, 6.45) is 0.845. The average Bonchev–Trinajstić information content (AvgIpc) is 3.57. The van der Waals surface area contributed by atoms with Gasteiger partial charge in [0.15, 0.2) is 6.10 Å². The second kappa shape index (κ2) is 8.43. The number of anilines is 2. The molecule has 0 bridgehead atoms. The zero-order valence-electron chi connectivity index (χ0n) is 16.8. The molecule has 2 N–H and O–H groups in total. The lowest BCUT2D eigenvalue weighted by Crippen LogP contribution is -2.30. The van der Waals surface area contributed by atoms with Gasteiger partial charge in [-0.05, 0) is 54.8 Å². The fourth-order valence-corrected chi connectivity index (χ4v) is 3.17. The van der Waals surface area contributed by atoms with Gasteiger partial charge in [0.1, 0.15) is 5.69 Å². The topological polar surface area (TPSA) is 111 Å². The summed E-state index contributed by atoms with van der Waals surface area (Å²) in [5.41, 5.74) is 0.761. The van der Waals surface area contributed by atoms with Crippen molar-refractivity contribution in [3.63, 3.8) is 0 Å². The number of esters is 1. The highest BCUT2D eigenvalue weighted by Gasteiger charge is 2.26. The molecule has 1 saturated carbocycles. The SMILES string of the molecule is C[C@@H](OC(=O)c1ccc(NC2CC2)c([N+](=O)[O-])c1)C(=O)Nc1ccc2ccccc2c1. The van der Waals surface area contributed by atoms with Crippen LogP contribution in [0.2, 0.25) is 0 Å². The predicted octanol–water partition coefficient (Wildman–Crippen LogP) is 4.51. The molecule has 1 amide bonds. The van der Waals surface area contributed by atoms with Crippen LogP contribution in [0.25, 0.3) is 10.8 Å². The van der Waals surface area contributed by atoms with Crippen molar-refractivity contribution in [2.75, 3.05) is 10.6 Å². The van der Waals surface area contributed by atoms with Crippen molar-refractivity contribution in [3.8, 4) is 0 Å². The normalized spacial score (nSPS) is 14.0. The molecule has 8 heteroatoms. The van der Waals surface area contributed by atoms with Gasteiger partial charge in [0.25, 0.3) is 11.6 Å². The van der Waals surface area contributed by atoms with Gasteiger partial charge in [-0.15, -0.1) is 0 Å². The van der Waals surface area contributed by atoms with E-state index in [2.05, 4.69) is 10.6 Å². The number of benzene rings is 3. The molecule has 158 valence electrons. The van der Waals surface area contributed by atoms with E-state index in [9.17, 15) is 19.7 Å². The molecule has 1 aliphatic rings. The van der Waals surface area contributed by atoms with Crippen LogP contribution < -0.4 is 10.6 Å². The number of ether oxygens (including phenoxy) is 1. The number of fused-ring (bicyclic) bond motifs is 1. The number of carbonyl (C=O) groups excluding carboxylic acids is 2. The van der Waals surface area contributed by atoms with Crippen LogP contribution in [-0.4, -0.2) is 28.9 Å². The van der Waals surface area contributed by atoms with E-state index in [0.717, 1.165) is 23.6 Å². The highest BCUT2D eigenvalue weighted by atomic mass is 16.6. The summed E-state index contributed by atoms with van der Waals surface area (Å²) in [6.45, 7) is 1.45. The lowest BCUT2D eigenvalue weighted by Gasteiger charge is -2.14. The summed E-state index contributed by atoms with van der Waals surface area (Å²) in [7, 11) is 0. The van der Waals surface area contributed by atoms with Gasteiger partial charge in [-0.2, -0.15) is 0 Å². The van der Waals surface area contributed by atoms with Crippen LogP contribution in [0.4, 0.5) is 17.1 Å². The summed E-state index contributed by atoms with van der Waals surface area (Å²) in [5, 5.41) is 19.2. The van der Waals surface area contributed by atoms with Crippen LogP contribution in [0.5, 0.6) is 0 Å². The summed E-state index contributed by atoms with van der Waals surface area (Å²) < 4.78 is 5.23. The third kappa shape index (κ3) is 4.80. The van der Waals surface area contributed by atoms with Crippen LogP contribution in [0, 0.1) is 10.1 Å². The van der Waals surface area contributed by atoms with Crippen LogP contribution >= 0.6 is 0 Å². The first kappa shape index (κ1) is 20.3. The molecule has 31 heavy (non-hydrogen) atoms. The van der Waals surface area contributed by atoms with E-state index < -0.39 is 22.9 Å². The molecule has 8 nitrogen and oxygen atoms in total. The minimum atomic E-state index is -1.08. The van der Waals surface area contributed by atoms with Crippen molar-refractivity contribution in [2.45, 2.75) is 31.9 Å². The molecule has 0 heterocycles. The number of rotatable bonds is 7. The van der Waals surface area contributed by atoms with E-state index in [4.69, 9.17) is 4.74 Å². The molecule has 0 spiro atoms. The Morgan fingerprint density at radius 2 is 1.81 bits per heavy atom. The van der Waals surface area contributed by atoms with Crippen molar-refractivity contribution in [1.29, 1.82) is 0 Å². The van der Waals surface area contributed by atoms with Gasteiger partial charge in [-0.25, -0.2) is 4.79 Å². The van der Waals surface area contributed by atoms with Gasteiger partial charge in [-0.3, -0.25) is 14.9 Å². The number of nitro benzene ring substituents is 1. The molecule has 3 aromatic rings. The number of amides is 1. The zero-order valence-corrected chi connectivity index (χ0v) is 16.8. The standard InChI is InChI=1S/C23H21N3O5/c1-14(22(27)25-19-8-6-15-4-2-3-5-16(15)12-19)31-23(28)17-7-11-20(24-18-9-10-18)21(13-17)26(29)30/h2-8,11-14,18,24H,9-10H2,1H3,(H,25,27)/t14-/m1/s1. The van der Waals surface area contributed by atoms with Gasteiger partial charge < -0.3 is 15.4 Å². The van der Waals surface area contributed by atoms with Crippen LogP contribution in [0.1, 0.15) is 30.1 Å². The van der Waals surface area contributed by atoms with Crippen molar-refractivity contribution in [3.05, 3.63) is 76.3 Å². The molecule has 1 fully saturated rings. The van der Waals surface area contributed by atoms with E-state index in [1.807, 2.05) is 36.4 Å². The summed E-state index contributed by atoms with van der Waals surface area (Å²) in [4.78, 5) is 35.8. The molecule has 4 rings (SSSR count). The van der Waals surface area contributed by atoms with Gasteiger partial charge in [0, 0.05) is 17.8 Å². The molecule has 0 aliphatic heterocycles. The number of hydrogen-bond acceptors (Lipinski definition) is 6. The lowest BCUT2D eigenvalue weighted by atomic mass is 10.1. The van der Waals surface area contributed by atoms with Crippen molar-refractivity contribution >= 4 is 39.7 Å². The van der Waals surface area contributed by atoms with Gasteiger partial charge in [-0.1, -0.05) is 30.3 Å². The summed E-state index contributed by atoms with van der Waals surface area (Å²) in [6, 6.07) is 17.6. The largest absolute Gasteiger partial charge is 0.449 e. The number of nitro groups is 1. The highest BCUT2D eigenvalue weighted by molar-refractivity contribution is 5.99. The molecule has 3 aromatic carbocycles. The Labute approximate surface area is 178 Å². The van der Waals surface area contributed by atoms with Crippen LogP contribution in [0.3, 0.4) is 0 Å². The first-order valence-electron chi connectivity index (χ1n) is 9.96. The Morgan fingerprint density at radius 1 is 1.06 bits per heavy atom. The molecule has 1 atom stereocenters. The van der Waals surface area contributed by atoms with E-state index in [-0.39, 0.29) is 17.3 Å². The monoisotopic (exact) mass is 419 g/mol. The van der Waals surface area contributed by atoms with E-state index in [0.29, 0.717) is 11.4 Å². The van der Waals surface area contributed by atoms with Gasteiger partial charge in [0.05, 0.1) is 10.5 Å². The first-order chi connectivity index (χ1) is 14.9. The lowest BCUT2D eigenvalue weighted by molar-refractivity contribution is -0.384. The van der Waals surface area contributed by atoms with E-state index >= 15 is 0 Å². The maximum Gasteiger partial charge on any atom is 0.339 e. The summed E-state index contributed by atoms with van der Waals surface area (Å²) >= 11 is 0. The number of hydrogen-bond donors (Lipinski definition) is 2.